The molecule has 5 heteroatoms. The van der Waals surface area contributed by atoms with E-state index in [1.54, 1.807) is 0 Å². The van der Waals surface area contributed by atoms with Crippen molar-refractivity contribution in [3.8, 4) is 0 Å². The van der Waals surface area contributed by atoms with Gasteiger partial charge in [0.2, 0.25) is 5.91 Å². The van der Waals surface area contributed by atoms with Crippen LogP contribution in [0.5, 0.6) is 0 Å². The number of benzene rings is 1. The Morgan fingerprint density at radius 2 is 2.17 bits per heavy atom. The molecule has 0 radical (unpaired) electrons. The lowest BCUT2D eigenvalue weighted by atomic mass is 10.0. The summed E-state index contributed by atoms with van der Waals surface area (Å²) in [7, 11) is 0. The molecular formula is C13H18F2N2O. The molecule has 0 fully saturated rings. The minimum absolute atomic E-state index is 0.197. The van der Waals surface area contributed by atoms with E-state index in [1.165, 1.54) is 12.1 Å². The number of nitrogens with one attached hydrogen (secondary N) is 1. The summed E-state index contributed by atoms with van der Waals surface area (Å²) in [6.45, 7) is 2.18. The number of carbonyl (C=O) groups is 1. The van der Waals surface area contributed by atoms with E-state index in [2.05, 4.69) is 5.32 Å². The molecule has 3 nitrogen and oxygen atoms in total. The molecule has 1 rings (SSSR count). The second-order valence-electron chi connectivity index (χ2n) is 4.11. The molecule has 0 aliphatic heterocycles. The van der Waals surface area contributed by atoms with Crippen molar-refractivity contribution in [1.29, 1.82) is 0 Å². The lowest BCUT2D eigenvalue weighted by Crippen LogP contribution is -2.30. The average Bonchev–Trinajstić information content (AvgIpc) is 2.29. The summed E-state index contributed by atoms with van der Waals surface area (Å²) in [4.78, 5) is 11.5. The van der Waals surface area contributed by atoms with Crippen LogP contribution in [0.1, 0.15) is 37.8 Å². The lowest BCUT2D eigenvalue weighted by Gasteiger charge is -2.19. The number of hydrogen-bond acceptors (Lipinski definition) is 2. The van der Waals surface area contributed by atoms with E-state index in [0.717, 1.165) is 12.5 Å². The van der Waals surface area contributed by atoms with Crippen molar-refractivity contribution in [3.05, 3.63) is 35.4 Å². The van der Waals surface area contributed by atoms with Crippen LogP contribution < -0.4 is 11.1 Å². The number of nitrogens with two attached hydrogens (primary N) is 1. The molecule has 0 heterocycles. The average molecular weight is 256 g/mol. The molecule has 0 bridgehead atoms. The van der Waals surface area contributed by atoms with Gasteiger partial charge in [-0.25, -0.2) is 8.78 Å². The third-order valence-electron chi connectivity index (χ3n) is 2.62. The molecule has 0 aliphatic rings. The zero-order valence-corrected chi connectivity index (χ0v) is 10.4. The Morgan fingerprint density at radius 1 is 1.44 bits per heavy atom. The molecule has 0 aromatic heterocycles. The first-order chi connectivity index (χ1) is 8.58. The molecule has 0 aliphatic carbocycles. The third-order valence-corrected chi connectivity index (χ3v) is 2.62. The Bertz CT molecular complexity index is 410. The van der Waals surface area contributed by atoms with Gasteiger partial charge < -0.3 is 11.1 Å². The maximum Gasteiger partial charge on any atom is 0.221 e. The highest BCUT2D eigenvalue weighted by atomic mass is 19.1. The normalized spacial score (nSPS) is 12.2. The van der Waals surface area contributed by atoms with E-state index < -0.39 is 17.7 Å². The van der Waals surface area contributed by atoms with Crippen LogP contribution in [0.15, 0.2) is 18.2 Å². The van der Waals surface area contributed by atoms with Crippen molar-refractivity contribution in [1.82, 2.24) is 5.32 Å². The summed E-state index contributed by atoms with van der Waals surface area (Å²) in [6.07, 6.45) is 1.58. The van der Waals surface area contributed by atoms with Crippen LogP contribution in [-0.2, 0) is 4.79 Å². The second kappa shape index (κ2) is 7.06. The van der Waals surface area contributed by atoms with Crippen LogP contribution in [0.2, 0.25) is 0 Å². The van der Waals surface area contributed by atoms with Crippen LogP contribution in [0, 0.1) is 11.6 Å². The fourth-order valence-corrected chi connectivity index (χ4v) is 1.78. The fraction of sp³-hybridized carbons (Fsp3) is 0.462. The van der Waals surface area contributed by atoms with Gasteiger partial charge in [-0.05, 0) is 12.5 Å². The van der Waals surface area contributed by atoms with Crippen LogP contribution in [0.3, 0.4) is 0 Å². The summed E-state index contributed by atoms with van der Waals surface area (Å²) >= 11 is 0. The third kappa shape index (κ3) is 4.07. The standard InChI is InChI=1S/C13H18F2N2O/c1-2-3-12(17-13(18)6-7-16)10-5-4-9(14)8-11(10)15/h4-5,8,12H,2-3,6-7,16H2,1H3,(H,17,18). The summed E-state index contributed by atoms with van der Waals surface area (Å²) in [5.74, 6) is -1.49. The molecule has 0 spiro atoms. The van der Waals surface area contributed by atoms with Gasteiger partial charge in [-0.15, -0.1) is 0 Å². The highest BCUT2D eigenvalue weighted by Gasteiger charge is 2.17. The van der Waals surface area contributed by atoms with Crippen molar-refractivity contribution < 1.29 is 13.6 Å². The molecular weight excluding hydrogens is 238 g/mol. The van der Waals surface area contributed by atoms with Gasteiger partial charge in [-0.3, -0.25) is 4.79 Å². The summed E-state index contributed by atoms with van der Waals surface area (Å²) in [5.41, 5.74) is 5.59. The lowest BCUT2D eigenvalue weighted by molar-refractivity contribution is -0.121. The van der Waals surface area contributed by atoms with Crippen molar-refractivity contribution >= 4 is 5.91 Å². The molecule has 1 atom stereocenters. The van der Waals surface area contributed by atoms with Crippen molar-refractivity contribution in [2.24, 2.45) is 5.73 Å². The Kier molecular flexibility index (Phi) is 5.71. The molecule has 3 N–H and O–H groups in total. The number of hydrogen-bond donors (Lipinski definition) is 2. The molecule has 100 valence electrons. The van der Waals surface area contributed by atoms with Gasteiger partial charge in [0.15, 0.2) is 0 Å². The van der Waals surface area contributed by atoms with Crippen LogP contribution in [-0.4, -0.2) is 12.5 Å². The minimum Gasteiger partial charge on any atom is -0.349 e. The number of carbonyl (C=O) groups excluding carboxylic acids is 1. The first kappa shape index (κ1) is 14.6. The Balaban J connectivity index is 2.86. The summed E-state index contributed by atoms with van der Waals surface area (Å²) < 4.78 is 26.5. The van der Waals surface area contributed by atoms with Gasteiger partial charge in [-0.2, -0.15) is 0 Å². The van der Waals surface area contributed by atoms with E-state index in [0.29, 0.717) is 12.0 Å². The van der Waals surface area contributed by atoms with E-state index in [4.69, 9.17) is 5.73 Å². The molecule has 1 aromatic carbocycles. The van der Waals surface area contributed by atoms with E-state index in [1.807, 2.05) is 6.92 Å². The highest BCUT2D eigenvalue weighted by Crippen LogP contribution is 2.22. The molecule has 0 saturated heterocycles. The monoisotopic (exact) mass is 256 g/mol. The zero-order valence-electron chi connectivity index (χ0n) is 10.4. The zero-order chi connectivity index (χ0) is 13.5. The Labute approximate surface area is 105 Å². The van der Waals surface area contributed by atoms with Gasteiger partial charge >= 0.3 is 0 Å². The van der Waals surface area contributed by atoms with Crippen LogP contribution in [0.4, 0.5) is 8.78 Å². The van der Waals surface area contributed by atoms with Crippen molar-refractivity contribution in [2.75, 3.05) is 6.54 Å². The van der Waals surface area contributed by atoms with Crippen molar-refractivity contribution in [2.45, 2.75) is 32.2 Å². The van der Waals surface area contributed by atoms with Gasteiger partial charge in [0.1, 0.15) is 11.6 Å². The predicted molar refractivity (Wildman–Crippen MR) is 65.8 cm³/mol. The fourth-order valence-electron chi connectivity index (χ4n) is 1.78. The first-order valence-corrected chi connectivity index (χ1v) is 6.02. The second-order valence-corrected chi connectivity index (χ2v) is 4.11. The molecule has 1 unspecified atom stereocenters. The molecule has 1 amide bonds. The molecule has 1 aromatic rings. The first-order valence-electron chi connectivity index (χ1n) is 6.02. The van der Waals surface area contributed by atoms with Gasteiger partial charge in [0, 0.05) is 24.6 Å². The highest BCUT2D eigenvalue weighted by molar-refractivity contribution is 5.76. The van der Waals surface area contributed by atoms with Gasteiger partial charge in [0.25, 0.3) is 0 Å². The van der Waals surface area contributed by atoms with Gasteiger partial charge in [-0.1, -0.05) is 19.4 Å². The maximum absolute atomic E-state index is 13.6. The topological polar surface area (TPSA) is 55.1 Å². The predicted octanol–water partition coefficient (Wildman–Crippen LogP) is 2.27. The number of amides is 1. The van der Waals surface area contributed by atoms with Gasteiger partial charge in [0.05, 0.1) is 6.04 Å². The molecule has 18 heavy (non-hydrogen) atoms. The summed E-state index contributed by atoms with van der Waals surface area (Å²) in [5, 5.41) is 2.71. The maximum atomic E-state index is 13.6. The largest absolute Gasteiger partial charge is 0.349 e. The van der Waals surface area contributed by atoms with E-state index >= 15 is 0 Å². The minimum atomic E-state index is -0.638. The van der Waals surface area contributed by atoms with Crippen LogP contribution in [0.25, 0.3) is 0 Å². The van der Waals surface area contributed by atoms with Crippen molar-refractivity contribution in [3.63, 3.8) is 0 Å². The number of rotatable bonds is 6. The number of halogens is 2. The summed E-state index contributed by atoms with van der Waals surface area (Å²) in [6, 6.07) is 2.95. The van der Waals surface area contributed by atoms with Crippen LogP contribution >= 0.6 is 0 Å². The van der Waals surface area contributed by atoms with E-state index in [9.17, 15) is 13.6 Å². The SMILES string of the molecule is CCCC(NC(=O)CCN)c1ccc(F)cc1F. The Hall–Kier alpha value is -1.49. The van der Waals surface area contributed by atoms with E-state index in [-0.39, 0.29) is 18.9 Å². The molecule has 0 saturated carbocycles. The quantitative estimate of drug-likeness (QED) is 0.820. The smallest absolute Gasteiger partial charge is 0.221 e. The Morgan fingerprint density at radius 3 is 2.72 bits per heavy atom.